The molecule has 0 aliphatic carbocycles. The number of para-hydroxylation sites is 1. The van der Waals surface area contributed by atoms with Gasteiger partial charge in [-0.15, -0.1) is 5.10 Å². The Kier molecular flexibility index (Phi) is 5.11. The molecule has 2 aromatic heterocycles. The predicted molar refractivity (Wildman–Crippen MR) is 119 cm³/mol. The molecule has 3 heterocycles. The summed E-state index contributed by atoms with van der Waals surface area (Å²) >= 11 is 0. The van der Waals surface area contributed by atoms with E-state index in [1.807, 2.05) is 27.6 Å². The molecule has 0 saturated heterocycles. The minimum absolute atomic E-state index is 0.0425. The summed E-state index contributed by atoms with van der Waals surface area (Å²) in [5.74, 6) is 1.17. The summed E-state index contributed by atoms with van der Waals surface area (Å²) in [6, 6.07) is 18.9. The molecule has 7 nitrogen and oxygen atoms in total. The third-order valence-corrected chi connectivity index (χ3v) is 5.87. The Bertz CT molecular complexity index is 1180. The van der Waals surface area contributed by atoms with Crippen LogP contribution in [0, 0.1) is 6.92 Å². The van der Waals surface area contributed by atoms with Gasteiger partial charge in [-0.3, -0.25) is 4.90 Å². The second kappa shape index (κ2) is 8.07. The molecule has 1 aliphatic heterocycles. The lowest BCUT2D eigenvalue weighted by atomic mass is 9.97. The van der Waals surface area contributed by atoms with Gasteiger partial charge in [-0.2, -0.15) is 5.10 Å². The molecule has 1 aliphatic rings. The van der Waals surface area contributed by atoms with E-state index in [1.165, 1.54) is 16.7 Å². The number of aryl methyl sites for hydroxylation is 1. The van der Waals surface area contributed by atoms with Gasteiger partial charge < -0.3 is 0 Å². The van der Waals surface area contributed by atoms with Crippen molar-refractivity contribution in [2.24, 2.45) is 0 Å². The summed E-state index contributed by atoms with van der Waals surface area (Å²) in [5, 5.41) is 17.6. The lowest BCUT2D eigenvalue weighted by Crippen LogP contribution is -2.39. The van der Waals surface area contributed by atoms with Crippen LogP contribution in [0.5, 0.6) is 0 Å². The van der Waals surface area contributed by atoms with Gasteiger partial charge in [0.2, 0.25) is 0 Å². The predicted octanol–water partition coefficient (Wildman–Crippen LogP) is 3.90. The third-order valence-electron chi connectivity index (χ3n) is 5.87. The van der Waals surface area contributed by atoms with Gasteiger partial charge in [0.1, 0.15) is 6.04 Å². The summed E-state index contributed by atoms with van der Waals surface area (Å²) in [7, 11) is 0. The van der Waals surface area contributed by atoms with Crippen molar-refractivity contribution in [1.82, 2.24) is 34.9 Å². The summed E-state index contributed by atoms with van der Waals surface area (Å²) in [6.07, 6.45) is 2.16. The van der Waals surface area contributed by atoms with Crippen LogP contribution in [0.4, 0.5) is 0 Å². The van der Waals surface area contributed by atoms with Crippen LogP contribution in [-0.4, -0.2) is 41.4 Å². The zero-order valence-corrected chi connectivity index (χ0v) is 18.2. The summed E-state index contributed by atoms with van der Waals surface area (Å²) in [6.45, 7) is 9.03. The quantitative estimate of drug-likeness (QED) is 0.497. The summed E-state index contributed by atoms with van der Waals surface area (Å²) < 4.78 is 3.92. The van der Waals surface area contributed by atoms with Crippen molar-refractivity contribution in [3.63, 3.8) is 0 Å². The molecule has 31 heavy (non-hydrogen) atoms. The van der Waals surface area contributed by atoms with Gasteiger partial charge in [-0.1, -0.05) is 61.9 Å². The van der Waals surface area contributed by atoms with E-state index in [1.54, 1.807) is 0 Å². The minimum Gasteiger partial charge on any atom is -0.283 e. The van der Waals surface area contributed by atoms with Gasteiger partial charge in [0.15, 0.2) is 5.82 Å². The molecule has 5 rings (SSSR count). The fourth-order valence-electron chi connectivity index (χ4n) is 4.41. The van der Waals surface area contributed by atoms with E-state index in [4.69, 9.17) is 5.10 Å². The first-order chi connectivity index (χ1) is 15.1. The van der Waals surface area contributed by atoms with Crippen LogP contribution in [0.25, 0.3) is 5.69 Å². The number of fused-ring (bicyclic) bond motifs is 1. The van der Waals surface area contributed by atoms with Gasteiger partial charge in [0.05, 0.1) is 17.9 Å². The molecular formula is C24H27N7. The largest absolute Gasteiger partial charge is 0.283 e. The van der Waals surface area contributed by atoms with Crippen LogP contribution in [0.1, 0.15) is 54.0 Å². The number of nitrogens with zero attached hydrogens (tertiary/aromatic N) is 7. The highest BCUT2D eigenvalue weighted by Crippen LogP contribution is 2.36. The molecule has 7 heteroatoms. The normalized spacial score (nSPS) is 16.6. The monoisotopic (exact) mass is 413 g/mol. The fourth-order valence-corrected chi connectivity index (χ4v) is 4.41. The summed E-state index contributed by atoms with van der Waals surface area (Å²) in [4.78, 5) is 2.47. The van der Waals surface area contributed by atoms with Crippen molar-refractivity contribution in [3.8, 4) is 5.69 Å². The van der Waals surface area contributed by atoms with Gasteiger partial charge >= 0.3 is 0 Å². The van der Waals surface area contributed by atoms with Crippen molar-refractivity contribution < 1.29 is 0 Å². The number of hydrogen-bond acceptors (Lipinski definition) is 5. The molecule has 4 aromatic rings. The van der Waals surface area contributed by atoms with Crippen LogP contribution in [-0.2, 0) is 13.1 Å². The van der Waals surface area contributed by atoms with Crippen LogP contribution in [0.3, 0.4) is 0 Å². The van der Waals surface area contributed by atoms with Gasteiger partial charge in [0, 0.05) is 24.8 Å². The number of tetrazole rings is 1. The maximum absolute atomic E-state index is 4.98. The van der Waals surface area contributed by atoms with Crippen molar-refractivity contribution >= 4 is 0 Å². The van der Waals surface area contributed by atoms with E-state index < -0.39 is 0 Å². The number of rotatable bonds is 5. The molecule has 1 atom stereocenters. The first-order valence-corrected chi connectivity index (χ1v) is 10.8. The standard InChI is InChI=1S/C24H27N7/c1-17(2)22-21(16-31(26-22)20-10-5-4-6-11-20)23-24-25-27-28-30(24)13-12-29(23)15-19-9-7-8-18(3)14-19/h4-11,14,16-17,23H,12-13,15H2,1-3H3. The fraction of sp³-hybridized carbons (Fsp3) is 0.333. The lowest BCUT2D eigenvalue weighted by Gasteiger charge is -2.35. The molecule has 0 N–H and O–H groups in total. The molecule has 0 saturated carbocycles. The van der Waals surface area contributed by atoms with E-state index in [-0.39, 0.29) is 12.0 Å². The Morgan fingerprint density at radius 2 is 1.87 bits per heavy atom. The van der Waals surface area contributed by atoms with Crippen molar-refractivity contribution in [1.29, 1.82) is 0 Å². The van der Waals surface area contributed by atoms with Gasteiger partial charge in [-0.05, 0) is 41.0 Å². The third kappa shape index (κ3) is 3.77. The van der Waals surface area contributed by atoms with Crippen LogP contribution in [0.15, 0.2) is 60.8 Å². The number of hydrogen-bond donors (Lipinski definition) is 0. The number of benzene rings is 2. The smallest absolute Gasteiger partial charge is 0.173 e. The lowest BCUT2D eigenvalue weighted by molar-refractivity contribution is 0.163. The summed E-state index contributed by atoms with van der Waals surface area (Å²) in [5.41, 5.74) is 5.88. The average Bonchev–Trinajstić information content (AvgIpc) is 3.42. The zero-order valence-electron chi connectivity index (χ0n) is 18.2. The molecule has 0 bridgehead atoms. The zero-order chi connectivity index (χ0) is 21.4. The molecule has 0 amide bonds. The van der Waals surface area contributed by atoms with E-state index in [2.05, 4.69) is 83.8 Å². The van der Waals surface area contributed by atoms with Crippen LogP contribution in [0.2, 0.25) is 0 Å². The Hall–Kier alpha value is -3.32. The number of aromatic nitrogens is 6. The van der Waals surface area contributed by atoms with Crippen molar-refractivity contribution in [2.45, 2.75) is 45.8 Å². The maximum atomic E-state index is 4.98. The molecule has 0 radical (unpaired) electrons. The molecular weight excluding hydrogens is 386 g/mol. The average molecular weight is 414 g/mol. The Balaban J connectivity index is 1.60. The molecule has 0 spiro atoms. The van der Waals surface area contributed by atoms with Gasteiger partial charge in [-0.25, -0.2) is 9.36 Å². The molecule has 1 unspecified atom stereocenters. The van der Waals surface area contributed by atoms with Crippen LogP contribution < -0.4 is 0 Å². The van der Waals surface area contributed by atoms with Crippen molar-refractivity contribution in [3.05, 3.63) is 89.0 Å². The Labute approximate surface area is 182 Å². The SMILES string of the molecule is Cc1cccc(CN2CCn3nnnc3C2c2cn(-c3ccccc3)nc2C(C)C)c1. The van der Waals surface area contributed by atoms with Gasteiger partial charge in [0.25, 0.3) is 0 Å². The minimum atomic E-state index is -0.0425. The highest BCUT2D eigenvalue weighted by molar-refractivity contribution is 5.37. The van der Waals surface area contributed by atoms with Crippen molar-refractivity contribution in [2.75, 3.05) is 6.54 Å². The first-order valence-electron chi connectivity index (χ1n) is 10.8. The van der Waals surface area contributed by atoms with Crippen LogP contribution >= 0.6 is 0 Å². The Morgan fingerprint density at radius 3 is 2.65 bits per heavy atom. The second-order valence-electron chi connectivity index (χ2n) is 8.53. The highest BCUT2D eigenvalue weighted by atomic mass is 15.6. The topological polar surface area (TPSA) is 64.7 Å². The Morgan fingerprint density at radius 1 is 1.03 bits per heavy atom. The van der Waals surface area contributed by atoms with E-state index in [0.29, 0.717) is 0 Å². The highest BCUT2D eigenvalue weighted by Gasteiger charge is 2.35. The van der Waals surface area contributed by atoms with E-state index >= 15 is 0 Å². The van der Waals surface area contributed by atoms with E-state index in [9.17, 15) is 0 Å². The molecule has 158 valence electrons. The second-order valence-corrected chi connectivity index (χ2v) is 8.53. The molecule has 2 aromatic carbocycles. The first kappa shape index (κ1) is 19.6. The maximum Gasteiger partial charge on any atom is 0.173 e. The molecule has 0 fully saturated rings. The van der Waals surface area contributed by atoms with E-state index in [0.717, 1.165) is 36.8 Å².